The molecule has 0 bridgehead atoms. The molecule has 8 heteroatoms. The lowest BCUT2D eigenvalue weighted by molar-refractivity contribution is -0.121. The summed E-state index contributed by atoms with van der Waals surface area (Å²) >= 11 is 0. The van der Waals surface area contributed by atoms with Crippen LogP contribution < -0.4 is 10.6 Å². The van der Waals surface area contributed by atoms with Crippen LogP contribution in [0.5, 0.6) is 0 Å². The highest BCUT2D eigenvalue weighted by atomic mass is 19.4. The van der Waals surface area contributed by atoms with Crippen molar-refractivity contribution in [2.45, 2.75) is 12.6 Å². The zero-order chi connectivity index (χ0) is 14.9. The van der Waals surface area contributed by atoms with Crippen LogP contribution >= 0.6 is 0 Å². The lowest BCUT2D eigenvalue weighted by atomic mass is 10.0. The summed E-state index contributed by atoms with van der Waals surface area (Å²) in [6, 6.07) is 0. The van der Waals surface area contributed by atoms with E-state index in [1.54, 1.807) is 0 Å². The van der Waals surface area contributed by atoms with Gasteiger partial charge in [-0.3, -0.25) is 9.79 Å². The summed E-state index contributed by atoms with van der Waals surface area (Å²) in [7, 11) is 1.40. The van der Waals surface area contributed by atoms with Crippen molar-refractivity contribution >= 4 is 12.6 Å². The Kier molecular flexibility index (Phi) is 3.85. The van der Waals surface area contributed by atoms with Crippen molar-refractivity contribution in [3.8, 4) is 0 Å². The molecule has 0 saturated carbocycles. The molecule has 1 unspecified atom stereocenters. The van der Waals surface area contributed by atoms with E-state index in [2.05, 4.69) is 22.3 Å². The van der Waals surface area contributed by atoms with Crippen molar-refractivity contribution in [3.05, 3.63) is 23.3 Å². The molecule has 2 rings (SSSR count). The number of nitrogens with zero attached hydrogens (tertiary/aromatic N) is 2. The fourth-order valence-electron chi connectivity index (χ4n) is 2.36. The quantitative estimate of drug-likeness (QED) is 0.588. The van der Waals surface area contributed by atoms with Gasteiger partial charge in [0, 0.05) is 31.4 Å². The standard InChI is InChI=1S/C12H15F3N4O/c1-16-10(12(13,14)15)9-11(20)18-8(6-19(9)2)7-3-4-17-5-7/h6-7,17H,1,3-5H2,2H3,(H,18,20)/b10-9-. The minimum atomic E-state index is -4.72. The zero-order valence-electron chi connectivity index (χ0n) is 10.9. The average molecular weight is 288 g/mol. The lowest BCUT2D eigenvalue weighted by Crippen LogP contribution is -2.41. The first-order valence-electron chi connectivity index (χ1n) is 6.09. The number of allylic oxidation sites excluding steroid dienone is 1. The molecule has 2 heterocycles. The molecule has 110 valence electrons. The van der Waals surface area contributed by atoms with Crippen LogP contribution in [0, 0.1) is 5.92 Å². The number of alkyl halides is 3. The Morgan fingerprint density at radius 3 is 2.70 bits per heavy atom. The van der Waals surface area contributed by atoms with E-state index in [1.807, 2.05) is 0 Å². The molecule has 20 heavy (non-hydrogen) atoms. The highest BCUT2D eigenvalue weighted by molar-refractivity contribution is 5.96. The van der Waals surface area contributed by atoms with E-state index in [4.69, 9.17) is 0 Å². The van der Waals surface area contributed by atoms with Crippen molar-refractivity contribution in [1.82, 2.24) is 15.5 Å². The molecule has 2 aliphatic rings. The number of hydrogen-bond acceptors (Lipinski definition) is 4. The number of carbonyl (C=O) groups is 1. The maximum absolute atomic E-state index is 12.8. The SMILES string of the molecule is C=N/C(=C1/C(=O)NC(C2CCNC2)=CN1C)C(F)(F)F. The van der Waals surface area contributed by atoms with Gasteiger partial charge in [-0.05, 0) is 19.7 Å². The molecule has 1 amide bonds. The van der Waals surface area contributed by atoms with Crippen LogP contribution in [0.15, 0.2) is 28.3 Å². The van der Waals surface area contributed by atoms with E-state index < -0.39 is 23.5 Å². The zero-order valence-corrected chi connectivity index (χ0v) is 10.9. The molecule has 0 aromatic rings. The Morgan fingerprint density at radius 1 is 1.55 bits per heavy atom. The van der Waals surface area contributed by atoms with Crippen molar-refractivity contribution in [1.29, 1.82) is 0 Å². The van der Waals surface area contributed by atoms with Gasteiger partial charge >= 0.3 is 6.18 Å². The third-order valence-corrected chi connectivity index (χ3v) is 3.31. The molecular formula is C12H15F3N4O. The predicted octanol–water partition coefficient (Wildman–Crippen LogP) is 0.973. The second kappa shape index (κ2) is 5.28. The third kappa shape index (κ3) is 2.69. The number of likely N-dealkylation sites (N-methyl/N-ethyl adjacent to an activating group) is 1. The molecule has 1 atom stereocenters. The Morgan fingerprint density at radius 2 is 2.25 bits per heavy atom. The van der Waals surface area contributed by atoms with E-state index in [0.29, 0.717) is 12.2 Å². The molecule has 0 aromatic carbocycles. The molecule has 2 N–H and O–H groups in total. The number of rotatable bonds is 2. The van der Waals surface area contributed by atoms with Crippen LogP contribution in [0.2, 0.25) is 0 Å². The number of amides is 1. The minimum absolute atomic E-state index is 0.106. The van der Waals surface area contributed by atoms with Crippen LogP contribution in [0.3, 0.4) is 0 Å². The largest absolute Gasteiger partial charge is 0.435 e. The molecule has 0 spiro atoms. The van der Waals surface area contributed by atoms with E-state index in [9.17, 15) is 18.0 Å². The first kappa shape index (κ1) is 14.6. The predicted molar refractivity (Wildman–Crippen MR) is 67.6 cm³/mol. The van der Waals surface area contributed by atoms with Crippen LogP contribution in [-0.2, 0) is 4.79 Å². The highest BCUT2D eigenvalue weighted by Gasteiger charge is 2.41. The summed E-state index contributed by atoms with van der Waals surface area (Å²) in [6.45, 7) is 4.43. The number of nitrogens with one attached hydrogen (secondary N) is 2. The summed E-state index contributed by atoms with van der Waals surface area (Å²) in [5, 5.41) is 5.66. The van der Waals surface area contributed by atoms with Crippen molar-refractivity contribution < 1.29 is 18.0 Å². The summed E-state index contributed by atoms with van der Waals surface area (Å²) in [6.07, 6.45) is -2.38. The van der Waals surface area contributed by atoms with Crippen molar-refractivity contribution in [2.24, 2.45) is 10.9 Å². The molecule has 0 radical (unpaired) electrons. The normalized spacial score (nSPS) is 26.2. The van der Waals surface area contributed by atoms with Gasteiger partial charge < -0.3 is 15.5 Å². The van der Waals surface area contributed by atoms with Crippen LogP contribution in [0.4, 0.5) is 13.2 Å². The van der Waals surface area contributed by atoms with Gasteiger partial charge in [-0.25, -0.2) is 0 Å². The number of hydrogen-bond donors (Lipinski definition) is 2. The first-order chi connectivity index (χ1) is 9.34. The molecule has 0 aromatic heterocycles. The Balaban J connectivity index is 2.37. The van der Waals surface area contributed by atoms with E-state index in [1.165, 1.54) is 13.2 Å². The lowest BCUT2D eigenvalue weighted by Gasteiger charge is -2.29. The Hall–Kier alpha value is -1.83. The molecule has 1 fully saturated rings. The summed E-state index contributed by atoms with van der Waals surface area (Å²) < 4.78 is 38.5. The maximum Gasteiger partial charge on any atom is 0.435 e. The molecule has 2 aliphatic heterocycles. The van der Waals surface area contributed by atoms with Crippen LogP contribution in [0.1, 0.15) is 6.42 Å². The van der Waals surface area contributed by atoms with Gasteiger partial charge in [0.2, 0.25) is 0 Å². The molecule has 5 nitrogen and oxygen atoms in total. The molecular weight excluding hydrogens is 273 g/mol. The molecule has 0 aliphatic carbocycles. The summed E-state index contributed by atoms with van der Waals surface area (Å²) in [5.74, 6) is -0.703. The molecule has 1 saturated heterocycles. The Labute approximate surface area is 114 Å². The first-order valence-corrected chi connectivity index (χ1v) is 6.09. The topological polar surface area (TPSA) is 56.7 Å². The van der Waals surface area contributed by atoms with E-state index >= 15 is 0 Å². The minimum Gasteiger partial charge on any atom is -0.343 e. The number of carbonyl (C=O) groups excluding carboxylic acids is 1. The van der Waals surface area contributed by atoms with Gasteiger partial charge in [0.05, 0.1) is 0 Å². The summed E-state index contributed by atoms with van der Waals surface area (Å²) in [4.78, 5) is 16.1. The third-order valence-electron chi connectivity index (χ3n) is 3.31. The second-order valence-electron chi connectivity index (χ2n) is 4.69. The van der Waals surface area contributed by atoms with Gasteiger partial charge in [0.25, 0.3) is 5.91 Å². The highest BCUT2D eigenvalue weighted by Crippen LogP contribution is 2.32. The number of halogens is 3. The van der Waals surface area contributed by atoms with Gasteiger partial charge in [-0.1, -0.05) is 0 Å². The fraction of sp³-hybridized carbons (Fsp3) is 0.500. The van der Waals surface area contributed by atoms with Crippen molar-refractivity contribution in [3.63, 3.8) is 0 Å². The van der Waals surface area contributed by atoms with Gasteiger partial charge in [-0.2, -0.15) is 13.2 Å². The van der Waals surface area contributed by atoms with E-state index in [-0.39, 0.29) is 5.92 Å². The van der Waals surface area contributed by atoms with Gasteiger partial charge in [0.1, 0.15) is 5.70 Å². The Bertz CT molecular complexity index is 489. The van der Waals surface area contributed by atoms with Gasteiger partial charge in [-0.15, -0.1) is 0 Å². The monoisotopic (exact) mass is 288 g/mol. The summed E-state index contributed by atoms with van der Waals surface area (Å²) in [5.41, 5.74) is -1.20. The van der Waals surface area contributed by atoms with Crippen LogP contribution in [0.25, 0.3) is 0 Å². The van der Waals surface area contributed by atoms with E-state index in [0.717, 1.165) is 17.9 Å². The maximum atomic E-state index is 12.8. The average Bonchev–Trinajstić information content (AvgIpc) is 2.85. The fourth-order valence-corrected chi connectivity index (χ4v) is 2.36. The van der Waals surface area contributed by atoms with Crippen molar-refractivity contribution in [2.75, 3.05) is 20.1 Å². The second-order valence-corrected chi connectivity index (χ2v) is 4.69. The van der Waals surface area contributed by atoms with Crippen LogP contribution in [-0.4, -0.2) is 43.8 Å². The number of aliphatic imine (C=N–C) groups is 1. The smallest absolute Gasteiger partial charge is 0.343 e. The van der Waals surface area contributed by atoms with Gasteiger partial charge in [0.15, 0.2) is 5.70 Å².